The Labute approximate surface area is 189 Å². The Morgan fingerprint density at radius 1 is 1.09 bits per heavy atom. The minimum absolute atomic E-state index is 0.0294. The van der Waals surface area contributed by atoms with Crippen molar-refractivity contribution in [1.82, 2.24) is 9.71 Å². The molecule has 2 heterocycles. The Balaban J connectivity index is 1.49. The number of benzene rings is 2. The van der Waals surface area contributed by atoms with Crippen molar-refractivity contribution in [2.45, 2.75) is 11.4 Å². The van der Waals surface area contributed by atoms with E-state index in [1.54, 1.807) is 42.7 Å². The summed E-state index contributed by atoms with van der Waals surface area (Å²) < 4.78 is 37.9. The SMILES string of the molecule is COc1cccc2cc(C(=O)Nc3ccc(S(=O)(=O)NCc4cccnc4)cc3)c(=O)oc12. The smallest absolute Gasteiger partial charge is 0.349 e. The van der Waals surface area contributed by atoms with E-state index in [1.807, 2.05) is 0 Å². The van der Waals surface area contributed by atoms with E-state index in [0.717, 1.165) is 5.56 Å². The first-order chi connectivity index (χ1) is 15.9. The van der Waals surface area contributed by atoms with Gasteiger partial charge in [-0.1, -0.05) is 18.2 Å². The number of rotatable bonds is 7. The van der Waals surface area contributed by atoms with Gasteiger partial charge < -0.3 is 14.5 Å². The van der Waals surface area contributed by atoms with Crippen LogP contribution in [-0.2, 0) is 16.6 Å². The number of para-hydroxylation sites is 1. The average Bonchev–Trinajstić information content (AvgIpc) is 2.83. The molecule has 168 valence electrons. The first kappa shape index (κ1) is 22.2. The number of carbonyl (C=O) groups excluding carboxylic acids is 1. The highest BCUT2D eigenvalue weighted by atomic mass is 32.2. The number of hydrogen-bond donors (Lipinski definition) is 2. The van der Waals surface area contributed by atoms with Crippen LogP contribution in [0.5, 0.6) is 5.75 Å². The van der Waals surface area contributed by atoms with E-state index in [2.05, 4.69) is 15.0 Å². The molecular formula is C23H19N3O6S. The largest absolute Gasteiger partial charge is 0.493 e. The molecule has 2 N–H and O–H groups in total. The van der Waals surface area contributed by atoms with Crippen LogP contribution in [0.2, 0.25) is 0 Å². The summed E-state index contributed by atoms with van der Waals surface area (Å²) in [6.07, 6.45) is 3.17. The number of fused-ring (bicyclic) bond motifs is 1. The maximum atomic E-state index is 12.6. The third-order valence-corrected chi connectivity index (χ3v) is 6.22. The van der Waals surface area contributed by atoms with Crippen molar-refractivity contribution in [3.8, 4) is 5.75 Å². The number of carbonyl (C=O) groups is 1. The second-order valence-electron chi connectivity index (χ2n) is 6.99. The van der Waals surface area contributed by atoms with Gasteiger partial charge in [-0.3, -0.25) is 9.78 Å². The van der Waals surface area contributed by atoms with E-state index in [1.165, 1.54) is 37.4 Å². The molecule has 2 aromatic heterocycles. The quantitative estimate of drug-likeness (QED) is 0.402. The Kier molecular flexibility index (Phi) is 6.20. The van der Waals surface area contributed by atoms with Crippen molar-refractivity contribution in [2.24, 2.45) is 0 Å². The zero-order valence-corrected chi connectivity index (χ0v) is 18.3. The summed E-state index contributed by atoms with van der Waals surface area (Å²) in [6, 6.07) is 15.5. The third kappa shape index (κ3) is 4.92. The fourth-order valence-corrected chi connectivity index (χ4v) is 4.13. The highest BCUT2D eigenvalue weighted by molar-refractivity contribution is 7.89. The molecule has 0 aliphatic carbocycles. The lowest BCUT2D eigenvalue weighted by atomic mass is 10.1. The van der Waals surface area contributed by atoms with Crippen LogP contribution in [0.1, 0.15) is 15.9 Å². The minimum atomic E-state index is -3.76. The van der Waals surface area contributed by atoms with Crippen molar-refractivity contribution in [2.75, 3.05) is 12.4 Å². The lowest BCUT2D eigenvalue weighted by Crippen LogP contribution is -2.23. The molecule has 0 atom stereocenters. The van der Waals surface area contributed by atoms with E-state index >= 15 is 0 Å². The molecule has 0 radical (unpaired) electrons. The maximum absolute atomic E-state index is 12.6. The second kappa shape index (κ2) is 9.23. The van der Waals surface area contributed by atoms with Crippen molar-refractivity contribution in [1.29, 1.82) is 0 Å². The van der Waals surface area contributed by atoms with Gasteiger partial charge in [0.2, 0.25) is 10.0 Å². The van der Waals surface area contributed by atoms with E-state index in [9.17, 15) is 18.0 Å². The van der Waals surface area contributed by atoms with E-state index in [0.29, 0.717) is 16.8 Å². The number of nitrogens with one attached hydrogen (secondary N) is 2. The molecule has 0 saturated heterocycles. The zero-order valence-electron chi connectivity index (χ0n) is 17.4. The van der Waals surface area contributed by atoms with Crippen LogP contribution in [0.15, 0.2) is 87.2 Å². The topological polar surface area (TPSA) is 128 Å². The van der Waals surface area contributed by atoms with Crippen LogP contribution in [0.25, 0.3) is 11.0 Å². The van der Waals surface area contributed by atoms with Gasteiger partial charge in [0.15, 0.2) is 11.3 Å². The summed E-state index contributed by atoms with van der Waals surface area (Å²) in [7, 11) is -2.31. The Morgan fingerprint density at radius 3 is 2.58 bits per heavy atom. The molecule has 0 bridgehead atoms. The van der Waals surface area contributed by atoms with Crippen LogP contribution >= 0.6 is 0 Å². The lowest BCUT2D eigenvalue weighted by molar-refractivity contribution is 0.102. The molecule has 9 nitrogen and oxygen atoms in total. The molecule has 4 rings (SSSR count). The molecule has 10 heteroatoms. The number of aromatic nitrogens is 1. The van der Waals surface area contributed by atoms with Gasteiger partial charge in [0.25, 0.3) is 5.91 Å². The van der Waals surface area contributed by atoms with Gasteiger partial charge in [-0.05, 0) is 48.0 Å². The van der Waals surface area contributed by atoms with Gasteiger partial charge in [0.05, 0.1) is 12.0 Å². The second-order valence-corrected chi connectivity index (χ2v) is 8.76. The van der Waals surface area contributed by atoms with Gasteiger partial charge in [-0.2, -0.15) is 0 Å². The summed E-state index contributed by atoms with van der Waals surface area (Å²) in [5, 5.41) is 3.10. The van der Waals surface area contributed by atoms with Gasteiger partial charge in [-0.25, -0.2) is 17.9 Å². The molecule has 0 fully saturated rings. The van der Waals surface area contributed by atoms with E-state index in [-0.39, 0.29) is 22.6 Å². The summed E-state index contributed by atoms with van der Waals surface area (Å²) in [5.41, 5.74) is 0.275. The monoisotopic (exact) mass is 465 g/mol. The van der Waals surface area contributed by atoms with Crippen molar-refractivity contribution in [3.05, 3.63) is 94.6 Å². The minimum Gasteiger partial charge on any atom is -0.493 e. The van der Waals surface area contributed by atoms with Crippen molar-refractivity contribution in [3.63, 3.8) is 0 Å². The van der Waals surface area contributed by atoms with Crippen LogP contribution in [-0.4, -0.2) is 26.4 Å². The number of hydrogen-bond acceptors (Lipinski definition) is 7. The van der Waals surface area contributed by atoms with Gasteiger partial charge in [0, 0.05) is 30.0 Å². The Bertz CT molecular complexity index is 1470. The summed E-state index contributed by atoms with van der Waals surface area (Å²) in [5.74, 6) is -0.302. The summed E-state index contributed by atoms with van der Waals surface area (Å²) in [4.78, 5) is 28.9. The van der Waals surface area contributed by atoms with Crippen LogP contribution < -0.4 is 20.4 Å². The molecule has 4 aromatic rings. The molecule has 1 amide bonds. The molecule has 2 aromatic carbocycles. The van der Waals surface area contributed by atoms with Crippen LogP contribution in [0.3, 0.4) is 0 Å². The molecule has 33 heavy (non-hydrogen) atoms. The number of nitrogens with zero attached hydrogens (tertiary/aromatic N) is 1. The van der Waals surface area contributed by atoms with Crippen molar-refractivity contribution < 1.29 is 22.4 Å². The van der Waals surface area contributed by atoms with E-state index in [4.69, 9.17) is 9.15 Å². The molecule has 0 aliphatic heterocycles. The van der Waals surface area contributed by atoms with Crippen molar-refractivity contribution >= 4 is 32.6 Å². The van der Waals surface area contributed by atoms with Gasteiger partial charge >= 0.3 is 5.63 Å². The highest BCUT2D eigenvalue weighted by Crippen LogP contribution is 2.24. The Morgan fingerprint density at radius 2 is 1.88 bits per heavy atom. The molecule has 0 spiro atoms. The molecule has 0 unspecified atom stereocenters. The van der Waals surface area contributed by atoms with Gasteiger partial charge in [0.1, 0.15) is 5.56 Å². The average molecular weight is 465 g/mol. The normalized spacial score (nSPS) is 11.3. The fourth-order valence-electron chi connectivity index (χ4n) is 3.12. The number of methoxy groups -OCH3 is 1. The maximum Gasteiger partial charge on any atom is 0.349 e. The lowest BCUT2D eigenvalue weighted by Gasteiger charge is -2.09. The van der Waals surface area contributed by atoms with E-state index < -0.39 is 21.6 Å². The summed E-state index contributed by atoms with van der Waals surface area (Å²) in [6.45, 7) is 0.0944. The van der Waals surface area contributed by atoms with Gasteiger partial charge in [-0.15, -0.1) is 0 Å². The Hall–Kier alpha value is -4.02. The fraction of sp³-hybridized carbons (Fsp3) is 0.0870. The first-order valence-corrected chi connectivity index (χ1v) is 11.3. The first-order valence-electron chi connectivity index (χ1n) is 9.78. The summed E-state index contributed by atoms with van der Waals surface area (Å²) >= 11 is 0. The number of anilines is 1. The predicted octanol–water partition coefficient (Wildman–Crippen LogP) is 2.93. The molecule has 0 aliphatic rings. The molecular weight excluding hydrogens is 446 g/mol. The number of sulfonamides is 1. The van der Waals surface area contributed by atoms with Crippen LogP contribution in [0.4, 0.5) is 5.69 Å². The van der Waals surface area contributed by atoms with Crippen LogP contribution in [0, 0.1) is 0 Å². The molecule has 0 saturated carbocycles. The highest BCUT2D eigenvalue weighted by Gasteiger charge is 2.17. The third-order valence-electron chi connectivity index (χ3n) is 4.80. The standard InChI is InChI=1S/C23H19N3O6S/c1-31-20-6-2-5-16-12-19(23(28)32-21(16)20)22(27)26-17-7-9-18(10-8-17)33(29,30)25-14-15-4-3-11-24-13-15/h2-13,25H,14H2,1H3,(H,26,27). The zero-order chi connectivity index (χ0) is 23.4. The number of ether oxygens (including phenoxy) is 1. The predicted molar refractivity (Wildman–Crippen MR) is 122 cm³/mol. The number of pyridine rings is 1. The number of amides is 1.